The number of ether oxygens (including phenoxy) is 3. The molecule has 2 aromatic carbocycles. The van der Waals surface area contributed by atoms with E-state index in [0.29, 0.717) is 38.3 Å². The average molecular weight is 452 g/mol. The number of carbonyl (C=O) groups is 1. The first kappa shape index (κ1) is 23.7. The van der Waals surface area contributed by atoms with Crippen molar-refractivity contribution in [1.82, 2.24) is 9.80 Å². The summed E-state index contributed by atoms with van der Waals surface area (Å²) in [5.41, 5.74) is 1.37. The summed E-state index contributed by atoms with van der Waals surface area (Å²) in [6.07, 6.45) is -4.45. The summed E-state index contributed by atoms with van der Waals surface area (Å²) < 4.78 is 52.5. The van der Waals surface area contributed by atoms with Gasteiger partial charge in [-0.1, -0.05) is 18.2 Å². The maximum Gasteiger partial charge on any atom is 0.573 e. The number of hydrogen-bond acceptors (Lipinski definition) is 5. The summed E-state index contributed by atoms with van der Waals surface area (Å²) in [6, 6.07) is 11.6. The van der Waals surface area contributed by atoms with Gasteiger partial charge in [0.25, 0.3) is 0 Å². The molecule has 0 unspecified atom stereocenters. The van der Waals surface area contributed by atoms with Crippen molar-refractivity contribution >= 4 is 5.91 Å². The highest BCUT2D eigenvalue weighted by atomic mass is 19.4. The van der Waals surface area contributed by atoms with Crippen LogP contribution >= 0.6 is 0 Å². The molecule has 1 aliphatic rings. The van der Waals surface area contributed by atoms with E-state index in [2.05, 4.69) is 9.64 Å². The number of aryl methyl sites for hydroxylation is 1. The number of para-hydroxylation sites is 1. The molecule has 0 saturated carbocycles. The monoisotopic (exact) mass is 452 g/mol. The van der Waals surface area contributed by atoms with E-state index in [1.807, 2.05) is 18.2 Å². The number of hydrogen-bond donors (Lipinski definition) is 0. The predicted octanol–water partition coefficient (Wildman–Crippen LogP) is 3.88. The number of methoxy groups -OCH3 is 2. The Kier molecular flexibility index (Phi) is 7.84. The van der Waals surface area contributed by atoms with E-state index >= 15 is 0 Å². The number of carbonyl (C=O) groups excluding carboxylic acids is 1. The van der Waals surface area contributed by atoms with Crippen molar-refractivity contribution in [1.29, 1.82) is 0 Å². The standard InChI is InChI=1S/C23H27F3N2O4/c1-30-19-8-9-20(31-2)18(15-19)16-27-11-13-28(14-12-27)22(29)10-7-17-5-3-4-6-21(17)32-23(24,25)26/h3-6,8-9,15H,7,10-14,16H2,1-2H3. The minimum Gasteiger partial charge on any atom is -0.497 e. The number of alkyl halides is 3. The molecule has 0 spiro atoms. The van der Waals surface area contributed by atoms with Crippen LogP contribution in [-0.4, -0.2) is 62.5 Å². The smallest absolute Gasteiger partial charge is 0.497 e. The number of halogens is 3. The molecule has 6 nitrogen and oxygen atoms in total. The van der Waals surface area contributed by atoms with Crippen molar-refractivity contribution in [2.45, 2.75) is 25.7 Å². The second-order valence-corrected chi connectivity index (χ2v) is 7.49. The lowest BCUT2D eigenvalue weighted by Gasteiger charge is -2.35. The van der Waals surface area contributed by atoms with Crippen molar-refractivity contribution in [3.8, 4) is 17.2 Å². The molecule has 0 bridgehead atoms. The topological polar surface area (TPSA) is 51.2 Å². The summed E-state index contributed by atoms with van der Waals surface area (Å²) in [6.45, 7) is 3.18. The summed E-state index contributed by atoms with van der Waals surface area (Å²) in [7, 11) is 3.24. The molecular formula is C23H27F3N2O4. The molecule has 3 rings (SSSR count). The normalized spacial score (nSPS) is 14.8. The number of piperazine rings is 1. The van der Waals surface area contributed by atoms with Crippen LogP contribution < -0.4 is 14.2 Å². The third-order valence-corrected chi connectivity index (χ3v) is 5.41. The molecule has 174 valence electrons. The van der Waals surface area contributed by atoms with E-state index in [0.717, 1.165) is 17.1 Å². The predicted molar refractivity (Wildman–Crippen MR) is 113 cm³/mol. The fourth-order valence-electron chi connectivity index (χ4n) is 3.74. The molecule has 2 aromatic rings. The van der Waals surface area contributed by atoms with E-state index in [1.54, 1.807) is 31.3 Å². The van der Waals surface area contributed by atoms with Crippen LogP contribution in [0, 0.1) is 0 Å². The molecule has 9 heteroatoms. The van der Waals surface area contributed by atoms with Crippen LogP contribution in [0.2, 0.25) is 0 Å². The number of benzene rings is 2. The quantitative estimate of drug-likeness (QED) is 0.609. The number of amides is 1. The fraction of sp³-hybridized carbons (Fsp3) is 0.435. The molecule has 0 radical (unpaired) electrons. The first-order chi connectivity index (χ1) is 15.3. The zero-order chi connectivity index (χ0) is 23.1. The van der Waals surface area contributed by atoms with E-state index in [-0.39, 0.29) is 24.5 Å². The van der Waals surface area contributed by atoms with Crippen molar-refractivity contribution in [3.63, 3.8) is 0 Å². The van der Waals surface area contributed by atoms with E-state index in [1.165, 1.54) is 12.1 Å². The minimum absolute atomic E-state index is 0.0783. The van der Waals surface area contributed by atoms with Crippen LogP contribution in [0.5, 0.6) is 17.2 Å². The Bertz CT molecular complexity index is 912. The van der Waals surface area contributed by atoms with E-state index < -0.39 is 6.36 Å². The van der Waals surface area contributed by atoms with Gasteiger partial charge in [-0.2, -0.15) is 0 Å². The second kappa shape index (κ2) is 10.6. The van der Waals surface area contributed by atoms with Gasteiger partial charge in [-0.25, -0.2) is 0 Å². The molecule has 1 aliphatic heterocycles. The van der Waals surface area contributed by atoms with Gasteiger partial charge < -0.3 is 19.1 Å². The average Bonchev–Trinajstić information content (AvgIpc) is 2.77. The highest BCUT2D eigenvalue weighted by Gasteiger charge is 2.32. The fourth-order valence-corrected chi connectivity index (χ4v) is 3.74. The van der Waals surface area contributed by atoms with Gasteiger partial charge in [0.1, 0.15) is 17.2 Å². The Labute approximate surface area is 185 Å². The zero-order valence-electron chi connectivity index (χ0n) is 18.2. The molecule has 32 heavy (non-hydrogen) atoms. The van der Waals surface area contributed by atoms with Gasteiger partial charge >= 0.3 is 6.36 Å². The first-order valence-electron chi connectivity index (χ1n) is 10.3. The lowest BCUT2D eigenvalue weighted by atomic mass is 10.1. The van der Waals surface area contributed by atoms with Gasteiger partial charge in [-0.3, -0.25) is 9.69 Å². The summed E-state index contributed by atoms with van der Waals surface area (Å²) in [4.78, 5) is 16.6. The Balaban J connectivity index is 1.51. The van der Waals surface area contributed by atoms with Crippen molar-refractivity contribution in [2.75, 3.05) is 40.4 Å². The first-order valence-corrected chi connectivity index (χ1v) is 10.3. The molecule has 0 aromatic heterocycles. The minimum atomic E-state index is -4.76. The molecule has 0 atom stereocenters. The van der Waals surface area contributed by atoms with Crippen LogP contribution in [0.15, 0.2) is 42.5 Å². The third kappa shape index (κ3) is 6.53. The maximum absolute atomic E-state index is 12.6. The van der Waals surface area contributed by atoms with Crippen molar-refractivity contribution in [2.24, 2.45) is 0 Å². The molecular weight excluding hydrogens is 425 g/mol. The molecule has 1 heterocycles. The van der Waals surface area contributed by atoms with Crippen LogP contribution in [0.25, 0.3) is 0 Å². The van der Waals surface area contributed by atoms with Crippen LogP contribution in [0.3, 0.4) is 0 Å². The number of nitrogens with zero attached hydrogens (tertiary/aromatic N) is 2. The lowest BCUT2D eigenvalue weighted by molar-refractivity contribution is -0.274. The highest BCUT2D eigenvalue weighted by Crippen LogP contribution is 2.28. The van der Waals surface area contributed by atoms with Gasteiger partial charge in [0.05, 0.1) is 14.2 Å². The van der Waals surface area contributed by atoms with E-state index in [4.69, 9.17) is 9.47 Å². The van der Waals surface area contributed by atoms with E-state index in [9.17, 15) is 18.0 Å². The van der Waals surface area contributed by atoms with Gasteiger partial charge in [-0.05, 0) is 36.2 Å². The second-order valence-electron chi connectivity index (χ2n) is 7.49. The van der Waals surface area contributed by atoms with Crippen molar-refractivity contribution in [3.05, 3.63) is 53.6 Å². The SMILES string of the molecule is COc1ccc(OC)c(CN2CCN(C(=O)CCc3ccccc3OC(F)(F)F)CC2)c1. The van der Waals surface area contributed by atoms with Gasteiger partial charge in [0.15, 0.2) is 0 Å². The molecule has 1 saturated heterocycles. The van der Waals surface area contributed by atoms with Gasteiger partial charge in [0, 0.05) is 44.7 Å². The maximum atomic E-state index is 12.6. The largest absolute Gasteiger partial charge is 0.573 e. The Morgan fingerprint density at radius 1 is 0.938 bits per heavy atom. The molecule has 0 aliphatic carbocycles. The highest BCUT2D eigenvalue weighted by molar-refractivity contribution is 5.76. The Morgan fingerprint density at radius 3 is 2.31 bits per heavy atom. The Morgan fingerprint density at radius 2 is 1.66 bits per heavy atom. The van der Waals surface area contributed by atoms with Crippen LogP contribution in [0.4, 0.5) is 13.2 Å². The van der Waals surface area contributed by atoms with Gasteiger partial charge in [-0.15, -0.1) is 13.2 Å². The Hall–Kier alpha value is -2.94. The third-order valence-electron chi connectivity index (χ3n) is 5.41. The van der Waals surface area contributed by atoms with Gasteiger partial charge in [0.2, 0.25) is 5.91 Å². The van der Waals surface area contributed by atoms with Crippen molar-refractivity contribution < 1.29 is 32.2 Å². The molecule has 1 fully saturated rings. The summed E-state index contributed by atoms with van der Waals surface area (Å²) in [5.74, 6) is 1.20. The van der Waals surface area contributed by atoms with Crippen LogP contribution in [0.1, 0.15) is 17.5 Å². The molecule has 1 amide bonds. The lowest BCUT2D eigenvalue weighted by Crippen LogP contribution is -2.48. The summed E-state index contributed by atoms with van der Waals surface area (Å²) >= 11 is 0. The van der Waals surface area contributed by atoms with Crippen LogP contribution in [-0.2, 0) is 17.8 Å². The summed E-state index contributed by atoms with van der Waals surface area (Å²) in [5, 5.41) is 0. The number of rotatable bonds is 8. The zero-order valence-corrected chi connectivity index (χ0v) is 18.2. The molecule has 0 N–H and O–H groups in total.